The van der Waals surface area contributed by atoms with Crippen LogP contribution in [0.2, 0.25) is 0 Å². The highest BCUT2D eigenvalue weighted by Gasteiger charge is 2.27. The topological polar surface area (TPSA) is 73.6 Å². The lowest BCUT2D eigenvalue weighted by molar-refractivity contribution is 0.0175. The first-order valence-corrected chi connectivity index (χ1v) is 11.3. The van der Waals surface area contributed by atoms with Gasteiger partial charge in [-0.05, 0) is 23.6 Å². The number of guanidine groups is 1. The van der Waals surface area contributed by atoms with Crippen molar-refractivity contribution in [3.05, 3.63) is 46.5 Å². The third-order valence-electron chi connectivity index (χ3n) is 5.62. The quantitative estimate of drug-likeness (QED) is 0.345. The lowest BCUT2D eigenvalue weighted by atomic mass is 10.2. The first kappa shape index (κ1) is 24.0. The van der Waals surface area contributed by atoms with E-state index in [1.165, 1.54) is 11.1 Å². The number of rotatable bonds is 5. The predicted octanol–water partition coefficient (Wildman–Crippen LogP) is 2.37. The van der Waals surface area contributed by atoms with Crippen molar-refractivity contribution in [2.45, 2.75) is 6.04 Å². The largest absolute Gasteiger partial charge is 0.459 e. The van der Waals surface area contributed by atoms with Crippen molar-refractivity contribution >= 4 is 47.2 Å². The molecule has 170 valence electrons. The van der Waals surface area contributed by atoms with Crippen molar-refractivity contribution in [3.8, 4) is 0 Å². The predicted molar refractivity (Wildman–Crippen MR) is 132 cm³/mol. The number of furan rings is 1. The molecule has 31 heavy (non-hydrogen) atoms. The molecule has 0 spiro atoms. The van der Waals surface area contributed by atoms with Crippen LogP contribution in [0.4, 0.5) is 0 Å². The Morgan fingerprint density at radius 2 is 1.87 bits per heavy atom. The van der Waals surface area contributed by atoms with E-state index >= 15 is 0 Å². The van der Waals surface area contributed by atoms with E-state index in [9.17, 15) is 4.79 Å². The van der Waals surface area contributed by atoms with E-state index in [0.717, 1.165) is 51.9 Å². The van der Waals surface area contributed by atoms with Gasteiger partial charge in [0.1, 0.15) is 0 Å². The molecule has 1 unspecified atom stereocenters. The summed E-state index contributed by atoms with van der Waals surface area (Å²) in [6.45, 7) is 7.02. The summed E-state index contributed by atoms with van der Waals surface area (Å²) in [6.07, 6.45) is 1.54. The van der Waals surface area contributed by atoms with Crippen molar-refractivity contribution in [2.24, 2.45) is 4.99 Å². The summed E-state index contributed by atoms with van der Waals surface area (Å²) in [5, 5.41) is 5.71. The number of carbonyl (C=O) groups excluding carboxylic acids is 1. The molecular weight excluding hydrogens is 529 g/mol. The SMILES string of the molecule is CN=C(NCC(c1cccs1)N1CCOCC1)N1CCN(C(=O)c2ccco2)CC1.I. The Morgan fingerprint density at radius 3 is 2.48 bits per heavy atom. The Labute approximate surface area is 204 Å². The van der Waals surface area contributed by atoms with Crippen LogP contribution in [0.15, 0.2) is 45.3 Å². The van der Waals surface area contributed by atoms with E-state index in [-0.39, 0.29) is 29.9 Å². The normalized spacial score (nSPS) is 19.1. The zero-order valence-corrected chi connectivity index (χ0v) is 20.9. The van der Waals surface area contributed by atoms with Gasteiger partial charge in [-0.15, -0.1) is 35.3 Å². The number of nitrogens with zero attached hydrogens (tertiary/aromatic N) is 4. The van der Waals surface area contributed by atoms with Gasteiger partial charge in [0, 0.05) is 57.7 Å². The van der Waals surface area contributed by atoms with Crippen molar-refractivity contribution < 1.29 is 13.9 Å². The number of halogens is 1. The summed E-state index contributed by atoms with van der Waals surface area (Å²) in [4.78, 5) is 24.9. The third-order valence-corrected chi connectivity index (χ3v) is 6.60. The number of piperazine rings is 1. The fourth-order valence-corrected chi connectivity index (χ4v) is 4.84. The zero-order valence-electron chi connectivity index (χ0n) is 17.7. The van der Waals surface area contributed by atoms with Crippen molar-refractivity contribution in [1.82, 2.24) is 20.0 Å². The highest BCUT2D eigenvalue weighted by molar-refractivity contribution is 14.0. The molecule has 10 heteroatoms. The summed E-state index contributed by atoms with van der Waals surface area (Å²) in [6, 6.07) is 8.07. The lowest BCUT2D eigenvalue weighted by Crippen LogP contribution is -2.54. The number of ether oxygens (including phenoxy) is 1. The minimum atomic E-state index is -0.0485. The molecule has 2 aromatic rings. The van der Waals surface area contributed by atoms with Crippen LogP contribution in [-0.4, -0.2) is 92.6 Å². The molecule has 2 aromatic heterocycles. The van der Waals surface area contributed by atoms with Gasteiger partial charge in [-0.1, -0.05) is 6.07 Å². The molecule has 0 saturated carbocycles. The smallest absolute Gasteiger partial charge is 0.289 e. The van der Waals surface area contributed by atoms with Gasteiger partial charge in [-0.2, -0.15) is 0 Å². The number of aliphatic imine (C=N–C) groups is 1. The molecule has 1 N–H and O–H groups in total. The fourth-order valence-electron chi connectivity index (χ4n) is 3.98. The van der Waals surface area contributed by atoms with Crippen LogP contribution in [0, 0.1) is 0 Å². The second-order valence-corrected chi connectivity index (χ2v) is 8.34. The number of nitrogens with one attached hydrogen (secondary N) is 1. The van der Waals surface area contributed by atoms with Gasteiger partial charge in [-0.25, -0.2) is 0 Å². The van der Waals surface area contributed by atoms with Gasteiger partial charge in [0.15, 0.2) is 11.7 Å². The second kappa shape index (κ2) is 11.8. The number of thiophene rings is 1. The average molecular weight is 559 g/mol. The van der Waals surface area contributed by atoms with Crippen molar-refractivity contribution in [3.63, 3.8) is 0 Å². The van der Waals surface area contributed by atoms with Gasteiger partial charge >= 0.3 is 0 Å². The number of hydrogen-bond acceptors (Lipinski definition) is 6. The second-order valence-electron chi connectivity index (χ2n) is 7.36. The third kappa shape index (κ3) is 5.99. The summed E-state index contributed by atoms with van der Waals surface area (Å²) >= 11 is 1.79. The molecule has 2 aliphatic rings. The van der Waals surface area contributed by atoms with Crippen LogP contribution in [-0.2, 0) is 4.74 Å². The number of hydrogen-bond donors (Lipinski definition) is 1. The van der Waals surface area contributed by atoms with Gasteiger partial charge in [0.05, 0.1) is 25.5 Å². The Bertz CT molecular complexity index is 816. The molecule has 2 fully saturated rings. The standard InChI is InChI=1S/C21H29N5O3S.HI/c1-22-21(26-8-6-25(7-9-26)20(27)18-4-2-12-29-18)23-16-17(19-5-3-15-30-19)24-10-13-28-14-11-24;/h2-5,12,15,17H,6-11,13-14,16H2,1H3,(H,22,23);1H. The van der Waals surface area contributed by atoms with Crippen LogP contribution in [0.1, 0.15) is 21.5 Å². The zero-order chi connectivity index (χ0) is 20.8. The number of carbonyl (C=O) groups is 1. The van der Waals surface area contributed by atoms with Crippen LogP contribution in [0.25, 0.3) is 0 Å². The van der Waals surface area contributed by atoms with Crippen LogP contribution >= 0.6 is 35.3 Å². The summed E-state index contributed by atoms with van der Waals surface area (Å²) < 4.78 is 10.8. The molecule has 4 heterocycles. The lowest BCUT2D eigenvalue weighted by Gasteiger charge is -2.38. The van der Waals surface area contributed by atoms with E-state index < -0.39 is 0 Å². The van der Waals surface area contributed by atoms with Crippen LogP contribution in [0.5, 0.6) is 0 Å². The Balaban J connectivity index is 0.00000272. The number of morpholine rings is 1. The van der Waals surface area contributed by atoms with E-state index in [0.29, 0.717) is 24.9 Å². The van der Waals surface area contributed by atoms with E-state index in [1.807, 2.05) is 11.9 Å². The summed E-state index contributed by atoms with van der Waals surface area (Å²) in [5.41, 5.74) is 0. The molecule has 2 aliphatic heterocycles. The molecule has 2 saturated heterocycles. The molecular formula is C21H30IN5O3S. The maximum absolute atomic E-state index is 12.5. The minimum Gasteiger partial charge on any atom is -0.459 e. The molecule has 0 aliphatic carbocycles. The highest BCUT2D eigenvalue weighted by Crippen LogP contribution is 2.25. The Morgan fingerprint density at radius 1 is 1.13 bits per heavy atom. The van der Waals surface area contributed by atoms with Gasteiger partial charge < -0.3 is 24.3 Å². The first-order valence-electron chi connectivity index (χ1n) is 10.4. The maximum Gasteiger partial charge on any atom is 0.289 e. The molecule has 8 nitrogen and oxygen atoms in total. The van der Waals surface area contributed by atoms with Gasteiger partial charge in [0.2, 0.25) is 0 Å². The molecule has 0 radical (unpaired) electrons. The Hall–Kier alpha value is -1.63. The fraction of sp³-hybridized carbons (Fsp3) is 0.524. The van der Waals surface area contributed by atoms with Crippen molar-refractivity contribution in [2.75, 3.05) is 66.1 Å². The monoisotopic (exact) mass is 559 g/mol. The Kier molecular flexibility index (Phi) is 9.17. The van der Waals surface area contributed by atoms with E-state index in [1.54, 1.807) is 23.5 Å². The highest BCUT2D eigenvalue weighted by atomic mass is 127. The van der Waals surface area contributed by atoms with Gasteiger partial charge in [-0.3, -0.25) is 14.7 Å². The van der Waals surface area contributed by atoms with E-state index in [2.05, 4.69) is 37.6 Å². The molecule has 0 aromatic carbocycles. The molecule has 1 amide bonds. The summed E-state index contributed by atoms with van der Waals surface area (Å²) in [5.74, 6) is 1.23. The molecule has 4 rings (SSSR count). The van der Waals surface area contributed by atoms with Gasteiger partial charge in [0.25, 0.3) is 5.91 Å². The summed E-state index contributed by atoms with van der Waals surface area (Å²) in [7, 11) is 1.82. The van der Waals surface area contributed by atoms with Crippen LogP contribution < -0.4 is 5.32 Å². The molecule has 1 atom stereocenters. The van der Waals surface area contributed by atoms with E-state index in [4.69, 9.17) is 9.15 Å². The van der Waals surface area contributed by atoms with Crippen LogP contribution in [0.3, 0.4) is 0 Å². The van der Waals surface area contributed by atoms with Crippen molar-refractivity contribution in [1.29, 1.82) is 0 Å². The number of amides is 1. The molecule has 0 bridgehead atoms. The maximum atomic E-state index is 12.5. The first-order chi connectivity index (χ1) is 14.8. The average Bonchev–Trinajstić information content (AvgIpc) is 3.52. The minimum absolute atomic E-state index is 0.